The standard InChI is InChI=1S/C20H22Cl2N4O2/c1-26(13-14-7-8-15(21)16(22)11-14)10-4-9-23-19(27)12-24-20-25-17-5-2-3-6-18(17)28-20/h2-3,5-8,11H,4,9-10,12-13H2,1H3,(H,23,27)(H,24,25). The lowest BCUT2D eigenvalue weighted by atomic mass is 10.2. The molecule has 0 aliphatic heterocycles. The van der Waals surface area contributed by atoms with Crippen molar-refractivity contribution >= 4 is 46.2 Å². The van der Waals surface area contributed by atoms with Gasteiger partial charge in [-0.15, -0.1) is 0 Å². The Labute approximate surface area is 173 Å². The van der Waals surface area contributed by atoms with E-state index < -0.39 is 0 Å². The van der Waals surface area contributed by atoms with E-state index in [9.17, 15) is 4.79 Å². The smallest absolute Gasteiger partial charge is 0.296 e. The van der Waals surface area contributed by atoms with Gasteiger partial charge in [-0.05, 0) is 49.8 Å². The molecule has 1 aromatic heterocycles. The number of carbonyl (C=O) groups excluding carboxylic acids is 1. The first kappa shape index (κ1) is 20.5. The third-order valence-corrected chi connectivity index (χ3v) is 4.91. The summed E-state index contributed by atoms with van der Waals surface area (Å²) in [6.07, 6.45) is 0.840. The monoisotopic (exact) mass is 420 g/mol. The molecule has 6 nitrogen and oxygen atoms in total. The van der Waals surface area contributed by atoms with Crippen molar-refractivity contribution in [2.45, 2.75) is 13.0 Å². The van der Waals surface area contributed by atoms with Gasteiger partial charge in [0.05, 0.1) is 16.6 Å². The first-order valence-electron chi connectivity index (χ1n) is 9.00. The lowest BCUT2D eigenvalue weighted by molar-refractivity contribution is -0.119. The van der Waals surface area contributed by atoms with Gasteiger partial charge in [-0.3, -0.25) is 4.79 Å². The Morgan fingerprint density at radius 2 is 2.00 bits per heavy atom. The van der Waals surface area contributed by atoms with Crippen LogP contribution >= 0.6 is 23.2 Å². The van der Waals surface area contributed by atoms with Gasteiger partial charge in [0.1, 0.15) is 5.52 Å². The molecule has 3 aromatic rings. The maximum Gasteiger partial charge on any atom is 0.296 e. The van der Waals surface area contributed by atoms with Gasteiger partial charge in [-0.1, -0.05) is 41.4 Å². The number of amides is 1. The average Bonchev–Trinajstić information content (AvgIpc) is 3.09. The van der Waals surface area contributed by atoms with Crippen LogP contribution in [-0.2, 0) is 11.3 Å². The van der Waals surface area contributed by atoms with E-state index in [0.29, 0.717) is 28.2 Å². The zero-order chi connectivity index (χ0) is 19.9. The maximum atomic E-state index is 12.0. The number of halogens is 2. The Balaban J connectivity index is 1.33. The molecule has 2 aromatic carbocycles. The Hall–Kier alpha value is -2.28. The second kappa shape index (κ2) is 9.78. The lowest BCUT2D eigenvalue weighted by Gasteiger charge is -2.17. The molecular formula is C20H22Cl2N4O2. The number of oxazole rings is 1. The third-order valence-electron chi connectivity index (χ3n) is 4.17. The van der Waals surface area contributed by atoms with E-state index in [1.807, 2.05) is 43.4 Å². The van der Waals surface area contributed by atoms with Gasteiger partial charge >= 0.3 is 0 Å². The SMILES string of the molecule is CN(CCCNC(=O)CNc1nc2ccccc2o1)Cc1ccc(Cl)c(Cl)c1. The molecule has 0 aliphatic rings. The molecule has 28 heavy (non-hydrogen) atoms. The number of para-hydroxylation sites is 2. The molecule has 0 saturated carbocycles. The lowest BCUT2D eigenvalue weighted by Crippen LogP contribution is -2.32. The molecule has 0 fully saturated rings. The summed E-state index contributed by atoms with van der Waals surface area (Å²) in [5.74, 6) is -0.102. The summed E-state index contributed by atoms with van der Waals surface area (Å²) in [6.45, 7) is 2.33. The van der Waals surface area contributed by atoms with E-state index in [-0.39, 0.29) is 12.5 Å². The third kappa shape index (κ3) is 5.86. The molecule has 0 saturated heterocycles. The van der Waals surface area contributed by atoms with Gasteiger partial charge in [0.2, 0.25) is 5.91 Å². The Morgan fingerprint density at radius 3 is 2.79 bits per heavy atom. The van der Waals surface area contributed by atoms with Crippen molar-refractivity contribution in [3.8, 4) is 0 Å². The highest BCUT2D eigenvalue weighted by Gasteiger charge is 2.07. The maximum absolute atomic E-state index is 12.0. The highest BCUT2D eigenvalue weighted by atomic mass is 35.5. The summed E-state index contributed by atoms with van der Waals surface area (Å²) < 4.78 is 5.52. The Kier molecular flexibility index (Phi) is 7.14. The van der Waals surface area contributed by atoms with Crippen molar-refractivity contribution in [2.75, 3.05) is 32.0 Å². The molecule has 0 atom stereocenters. The van der Waals surface area contributed by atoms with Crippen LogP contribution in [0.5, 0.6) is 0 Å². The number of benzene rings is 2. The quantitative estimate of drug-likeness (QED) is 0.507. The van der Waals surface area contributed by atoms with Crippen LogP contribution in [0.15, 0.2) is 46.9 Å². The van der Waals surface area contributed by atoms with Crippen molar-refractivity contribution in [1.29, 1.82) is 0 Å². The van der Waals surface area contributed by atoms with Crippen molar-refractivity contribution in [3.05, 3.63) is 58.1 Å². The minimum absolute atomic E-state index is 0.102. The minimum atomic E-state index is -0.102. The Morgan fingerprint density at radius 1 is 1.18 bits per heavy atom. The zero-order valence-electron chi connectivity index (χ0n) is 15.5. The Bertz CT molecular complexity index is 912. The number of hydrogen-bond acceptors (Lipinski definition) is 5. The number of fused-ring (bicyclic) bond motifs is 1. The second-order valence-electron chi connectivity index (χ2n) is 6.53. The number of nitrogens with zero attached hydrogens (tertiary/aromatic N) is 2. The number of nitrogens with one attached hydrogen (secondary N) is 2. The fourth-order valence-electron chi connectivity index (χ4n) is 2.77. The molecular weight excluding hydrogens is 399 g/mol. The molecule has 0 bridgehead atoms. The van der Waals surface area contributed by atoms with Gasteiger partial charge in [0, 0.05) is 13.1 Å². The summed E-state index contributed by atoms with van der Waals surface area (Å²) in [5.41, 5.74) is 2.55. The molecule has 1 amide bonds. The summed E-state index contributed by atoms with van der Waals surface area (Å²) in [7, 11) is 2.03. The number of anilines is 1. The molecule has 148 valence electrons. The fourth-order valence-corrected chi connectivity index (χ4v) is 3.09. The van der Waals surface area contributed by atoms with Crippen LogP contribution in [0.4, 0.5) is 6.01 Å². The first-order valence-corrected chi connectivity index (χ1v) is 9.75. The summed E-state index contributed by atoms with van der Waals surface area (Å²) in [6, 6.07) is 13.4. The molecule has 0 radical (unpaired) electrons. The van der Waals surface area contributed by atoms with Crippen LogP contribution in [0.2, 0.25) is 10.0 Å². The van der Waals surface area contributed by atoms with E-state index >= 15 is 0 Å². The fraction of sp³-hybridized carbons (Fsp3) is 0.300. The van der Waals surface area contributed by atoms with Crippen molar-refractivity contribution in [2.24, 2.45) is 0 Å². The van der Waals surface area contributed by atoms with Crippen LogP contribution in [-0.4, -0.2) is 42.5 Å². The summed E-state index contributed by atoms with van der Waals surface area (Å²) in [4.78, 5) is 18.4. The van der Waals surface area contributed by atoms with Gasteiger partial charge in [0.25, 0.3) is 6.01 Å². The van der Waals surface area contributed by atoms with E-state index in [1.54, 1.807) is 6.07 Å². The normalized spacial score (nSPS) is 11.1. The van der Waals surface area contributed by atoms with Crippen molar-refractivity contribution in [1.82, 2.24) is 15.2 Å². The first-order chi connectivity index (χ1) is 13.5. The van der Waals surface area contributed by atoms with Crippen LogP contribution in [0.1, 0.15) is 12.0 Å². The molecule has 0 aliphatic carbocycles. The predicted molar refractivity (Wildman–Crippen MR) is 113 cm³/mol. The zero-order valence-corrected chi connectivity index (χ0v) is 17.1. The van der Waals surface area contributed by atoms with Crippen LogP contribution < -0.4 is 10.6 Å². The minimum Gasteiger partial charge on any atom is -0.424 e. The van der Waals surface area contributed by atoms with Crippen LogP contribution in [0, 0.1) is 0 Å². The number of aromatic nitrogens is 1. The van der Waals surface area contributed by atoms with Crippen molar-refractivity contribution in [3.63, 3.8) is 0 Å². The highest BCUT2D eigenvalue weighted by molar-refractivity contribution is 6.42. The average molecular weight is 421 g/mol. The van der Waals surface area contributed by atoms with Crippen LogP contribution in [0.25, 0.3) is 11.1 Å². The van der Waals surface area contributed by atoms with Gasteiger partial charge in [-0.25, -0.2) is 0 Å². The number of carbonyl (C=O) groups is 1. The molecule has 1 heterocycles. The van der Waals surface area contributed by atoms with Gasteiger partial charge in [0.15, 0.2) is 5.58 Å². The molecule has 3 rings (SSSR count). The number of hydrogen-bond donors (Lipinski definition) is 2. The van der Waals surface area contributed by atoms with E-state index in [2.05, 4.69) is 20.5 Å². The van der Waals surface area contributed by atoms with Crippen molar-refractivity contribution < 1.29 is 9.21 Å². The van der Waals surface area contributed by atoms with E-state index in [1.165, 1.54) is 0 Å². The highest BCUT2D eigenvalue weighted by Crippen LogP contribution is 2.23. The summed E-state index contributed by atoms with van der Waals surface area (Å²) in [5, 5.41) is 6.91. The summed E-state index contributed by atoms with van der Waals surface area (Å²) >= 11 is 12.0. The predicted octanol–water partition coefficient (Wildman–Crippen LogP) is 4.18. The van der Waals surface area contributed by atoms with E-state index in [4.69, 9.17) is 27.6 Å². The largest absolute Gasteiger partial charge is 0.424 e. The number of rotatable bonds is 9. The van der Waals surface area contributed by atoms with Crippen LogP contribution in [0.3, 0.4) is 0 Å². The molecule has 8 heteroatoms. The molecule has 0 unspecified atom stereocenters. The van der Waals surface area contributed by atoms with E-state index in [0.717, 1.165) is 30.6 Å². The topological polar surface area (TPSA) is 70.4 Å². The second-order valence-corrected chi connectivity index (χ2v) is 7.34. The molecule has 2 N–H and O–H groups in total. The molecule has 0 spiro atoms. The van der Waals surface area contributed by atoms with Gasteiger partial charge in [-0.2, -0.15) is 4.98 Å². The van der Waals surface area contributed by atoms with Gasteiger partial charge < -0.3 is 20.0 Å².